The fourth-order valence-electron chi connectivity index (χ4n) is 2.65. The molecule has 1 aromatic heterocycles. The molecule has 0 spiro atoms. The fourth-order valence-corrected chi connectivity index (χ4v) is 2.65. The molecule has 2 aromatic rings. The Balaban J connectivity index is 1.71. The summed E-state index contributed by atoms with van der Waals surface area (Å²) < 4.78 is 4.96. The standard InChI is InChI=1S/C15H17N3O2/c1-10-7-12-5-3-4-6-13(12)18(10)15(19)9-16-14-8-11(2)20-17-14/h3-6,8,10H,7,9H2,1-2H3,(H,16,17). The second kappa shape index (κ2) is 5.00. The lowest BCUT2D eigenvalue weighted by Gasteiger charge is -2.22. The number of nitrogens with zero attached hydrogens (tertiary/aromatic N) is 2. The van der Waals surface area contributed by atoms with Gasteiger partial charge in [0.25, 0.3) is 0 Å². The molecular formula is C15H17N3O2. The van der Waals surface area contributed by atoms with E-state index in [0.29, 0.717) is 5.82 Å². The molecule has 1 amide bonds. The van der Waals surface area contributed by atoms with Crippen molar-refractivity contribution in [3.63, 3.8) is 0 Å². The van der Waals surface area contributed by atoms with Crippen LogP contribution >= 0.6 is 0 Å². The predicted molar refractivity (Wildman–Crippen MR) is 76.8 cm³/mol. The second-order valence-corrected chi connectivity index (χ2v) is 5.12. The Labute approximate surface area is 117 Å². The number of hydrogen-bond donors (Lipinski definition) is 1. The number of carbonyl (C=O) groups excluding carboxylic acids is 1. The van der Waals surface area contributed by atoms with Gasteiger partial charge in [-0.15, -0.1) is 0 Å². The van der Waals surface area contributed by atoms with E-state index in [4.69, 9.17) is 4.52 Å². The molecule has 20 heavy (non-hydrogen) atoms. The van der Waals surface area contributed by atoms with E-state index in [-0.39, 0.29) is 18.5 Å². The zero-order chi connectivity index (χ0) is 14.1. The maximum atomic E-state index is 12.4. The number of hydrogen-bond acceptors (Lipinski definition) is 4. The summed E-state index contributed by atoms with van der Waals surface area (Å²) in [5.74, 6) is 1.36. The van der Waals surface area contributed by atoms with Crippen molar-refractivity contribution >= 4 is 17.4 Å². The van der Waals surface area contributed by atoms with E-state index in [0.717, 1.165) is 17.9 Å². The minimum absolute atomic E-state index is 0.0445. The highest BCUT2D eigenvalue weighted by atomic mass is 16.5. The SMILES string of the molecule is Cc1cc(NCC(=O)N2c3ccccc3CC2C)no1. The smallest absolute Gasteiger partial charge is 0.246 e. The Bertz CT molecular complexity index is 636. The van der Waals surface area contributed by atoms with Crippen molar-refractivity contribution in [2.45, 2.75) is 26.3 Å². The Morgan fingerprint density at radius 3 is 3.05 bits per heavy atom. The zero-order valence-corrected chi connectivity index (χ0v) is 11.6. The zero-order valence-electron chi connectivity index (χ0n) is 11.6. The number of para-hydroxylation sites is 1. The highest BCUT2D eigenvalue weighted by molar-refractivity contribution is 5.98. The third kappa shape index (κ3) is 2.27. The van der Waals surface area contributed by atoms with Gasteiger partial charge >= 0.3 is 0 Å². The maximum Gasteiger partial charge on any atom is 0.246 e. The van der Waals surface area contributed by atoms with Gasteiger partial charge in [-0.05, 0) is 31.9 Å². The number of aromatic nitrogens is 1. The molecule has 0 bridgehead atoms. The Kier molecular flexibility index (Phi) is 3.18. The molecule has 5 nitrogen and oxygen atoms in total. The van der Waals surface area contributed by atoms with Crippen LogP contribution in [-0.4, -0.2) is 23.7 Å². The number of nitrogens with one attached hydrogen (secondary N) is 1. The van der Waals surface area contributed by atoms with Crippen LogP contribution in [0.15, 0.2) is 34.9 Å². The van der Waals surface area contributed by atoms with Crippen molar-refractivity contribution in [1.29, 1.82) is 0 Å². The van der Waals surface area contributed by atoms with E-state index < -0.39 is 0 Å². The van der Waals surface area contributed by atoms with Gasteiger partial charge in [-0.2, -0.15) is 0 Å². The van der Waals surface area contributed by atoms with E-state index in [1.807, 2.05) is 30.0 Å². The number of rotatable bonds is 3. The molecule has 0 saturated heterocycles. The first-order valence-electron chi connectivity index (χ1n) is 6.72. The molecule has 0 fully saturated rings. The van der Waals surface area contributed by atoms with Crippen LogP contribution in [-0.2, 0) is 11.2 Å². The van der Waals surface area contributed by atoms with Crippen LogP contribution in [0.3, 0.4) is 0 Å². The summed E-state index contributed by atoms with van der Waals surface area (Å²) in [6.45, 7) is 4.10. The third-order valence-electron chi connectivity index (χ3n) is 3.52. The maximum absolute atomic E-state index is 12.4. The second-order valence-electron chi connectivity index (χ2n) is 5.12. The highest BCUT2D eigenvalue weighted by Gasteiger charge is 2.30. The summed E-state index contributed by atoms with van der Waals surface area (Å²) in [6.07, 6.45) is 0.908. The van der Waals surface area contributed by atoms with Gasteiger partial charge in [-0.1, -0.05) is 23.4 Å². The van der Waals surface area contributed by atoms with Gasteiger partial charge in [0, 0.05) is 17.8 Å². The summed E-state index contributed by atoms with van der Waals surface area (Å²) >= 11 is 0. The van der Waals surface area contributed by atoms with Crippen LogP contribution in [0.5, 0.6) is 0 Å². The number of carbonyl (C=O) groups is 1. The van der Waals surface area contributed by atoms with Crippen molar-refractivity contribution < 1.29 is 9.32 Å². The highest BCUT2D eigenvalue weighted by Crippen LogP contribution is 2.31. The van der Waals surface area contributed by atoms with Crippen LogP contribution in [0.4, 0.5) is 11.5 Å². The van der Waals surface area contributed by atoms with Crippen LogP contribution in [0.1, 0.15) is 18.2 Å². The van der Waals surface area contributed by atoms with Gasteiger partial charge in [0.1, 0.15) is 5.76 Å². The van der Waals surface area contributed by atoms with Gasteiger partial charge < -0.3 is 14.7 Å². The van der Waals surface area contributed by atoms with Gasteiger partial charge in [-0.25, -0.2) is 0 Å². The fraction of sp³-hybridized carbons (Fsp3) is 0.333. The molecule has 5 heteroatoms. The molecule has 1 unspecified atom stereocenters. The average molecular weight is 271 g/mol. The quantitative estimate of drug-likeness (QED) is 0.931. The topological polar surface area (TPSA) is 58.4 Å². The lowest BCUT2D eigenvalue weighted by atomic mass is 10.1. The first-order chi connectivity index (χ1) is 9.65. The molecule has 1 atom stereocenters. The normalized spacial score (nSPS) is 17.1. The first-order valence-corrected chi connectivity index (χ1v) is 6.72. The summed E-state index contributed by atoms with van der Waals surface area (Å²) in [5, 5.41) is 6.82. The van der Waals surface area contributed by atoms with Gasteiger partial charge in [-0.3, -0.25) is 4.79 Å². The molecular weight excluding hydrogens is 254 g/mol. The van der Waals surface area contributed by atoms with E-state index in [9.17, 15) is 4.79 Å². The molecule has 0 radical (unpaired) electrons. The Morgan fingerprint density at radius 1 is 1.50 bits per heavy atom. The van der Waals surface area contributed by atoms with Crippen LogP contribution < -0.4 is 10.2 Å². The Morgan fingerprint density at radius 2 is 2.30 bits per heavy atom. The molecule has 104 valence electrons. The molecule has 1 aliphatic rings. The molecule has 1 aromatic carbocycles. The number of benzene rings is 1. The van der Waals surface area contributed by atoms with Crippen LogP contribution in [0, 0.1) is 6.92 Å². The molecule has 0 saturated carbocycles. The predicted octanol–water partition coefficient (Wildman–Crippen LogP) is 2.37. The monoisotopic (exact) mass is 271 g/mol. The van der Waals surface area contributed by atoms with Crippen molar-refractivity contribution in [3.05, 3.63) is 41.7 Å². The number of anilines is 2. The third-order valence-corrected chi connectivity index (χ3v) is 3.52. The first kappa shape index (κ1) is 12.7. The minimum Gasteiger partial charge on any atom is -0.360 e. The van der Waals surface area contributed by atoms with Gasteiger partial charge in [0.05, 0.1) is 6.54 Å². The van der Waals surface area contributed by atoms with Crippen molar-refractivity contribution in [2.75, 3.05) is 16.8 Å². The van der Waals surface area contributed by atoms with E-state index >= 15 is 0 Å². The van der Waals surface area contributed by atoms with Crippen LogP contribution in [0.25, 0.3) is 0 Å². The summed E-state index contributed by atoms with van der Waals surface area (Å²) in [4.78, 5) is 14.3. The number of aryl methyl sites for hydroxylation is 1. The molecule has 3 rings (SSSR count). The molecule has 1 aliphatic heterocycles. The molecule has 0 aliphatic carbocycles. The molecule has 1 N–H and O–H groups in total. The minimum atomic E-state index is 0.0445. The largest absolute Gasteiger partial charge is 0.360 e. The average Bonchev–Trinajstić information content (AvgIpc) is 2.98. The summed E-state index contributed by atoms with van der Waals surface area (Å²) in [7, 11) is 0. The van der Waals surface area contributed by atoms with E-state index in [2.05, 4.69) is 23.5 Å². The number of amides is 1. The lowest BCUT2D eigenvalue weighted by molar-refractivity contribution is -0.117. The summed E-state index contributed by atoms with van der Waals surface area (Å²) in [6, 6.07) is 10.0. The van der Waals surface area contributed by atoms with Crippen molar-refractivity contribution in [1.82, 2.24) is 5.16 Å². The van der Waals surface area contributed by atoms with E-state index in [1.54, 1.807) is 6.07 Å². The van der Waals surface area contributed by atoms with Gasteiger partial charge in [0.2, 0.25) is 5.91 Å². The van der Waals surface area contributed by atoms with Crippen molar-refractivity contribution in [2.24, 2.45) is 0 Å². The Hall–Kier alpha value is -2.30. The number of fused-ring (bicyclic) bond motifs is 1. The summed E-state index contributed by atoms with van der Waals surface area (Å²) in [5.41, 5.74) is 2.24. The van der Waals surface area contributed by atoms with Crippen molar-refractivity contribution in [3.8, 4) is 0 Å². The van der Waals surface area contributed by atoms with Gasteiger partial charge in [0.15, 0.2) is 5.82 Å². The van der Waals surface area contributed by atoms with E-state index in [1.165, 1.54) is 5.56 Å². The molecule has 2 heterocycles. The van der Waals surface area contributed by atoms with Crippen LogP contribution in [0.2, 0.25) is 0 Å². The lowest BCUT2D eigenvalue weighted by Crippen LogP contribution is -2.39.